The molecule has 170 valence electrons. The van der Waals surface area contributed by atoms with Crippen molar-refractivity contribution in [2.24, 2.45) is 17.8 Å². The number of likely N-dealkylation sites (tertiary alicyclic amines) is 1. The first kappa shape index (κ1) is 21.2. The van der Waals surface area contributed by atoms with Crippen molar-refractivity contribution in [2.75, 3.05) is 26.2 Å². The Balaban J connectivity index is 1.09. The molecule has 2 N–H and O–H groups in total. The Labute approximate surface area is 192 Å². The number of nitrogens with zero attached hydrogens (tertiary/aromatic N) is 1. The van der Waals surface area contributed by atoms with Crippen molar-refractivity contribution < 1.29 is 24.2 Å². The Morgan fingerprint density at radius 3 is 2.36 bits per heavy atom. The van der Waals surface area contributed by atoms with Gasteiger partial charge >= 0.3 is 12.1 Å². The van der Waals surface area contributed by atoms with E-state index in [1.54, 1.807) is 11.0 Å². The molecule has 3 aliphatic rings. The van der Waals surface area contributed by atoms with E-state index in [1.807, 2.05) is 24.3 Å². The van der Waals surface area contributed by atoms with Gasteiger partial charge in [-0.1, -0.05) is 54.6 Å². The largest absolute Gasteiger partial charge is 0.481 e. The standard InChI is InChI=1S/C26H26N2O5/c29-23(28-13-11-20-21(14-28)24(20)25(30)31)10-5-12-27-26(32)33-15-22-18-8-3-1-6-16(18)17-7-2-4-9-19(17)22/h1-10,20-22,24H,11-15H2,(H,27,32)(H,30,31)/b10-5+/t20-,21+,24?/m1/s1. The van der Waals surface area contributed by atoms with Gasteiger partial charge in [-0.05, 0) is 40.5 Å². The van der Waals surface area contributed by atoms with Crippen molar-refractivity contribution in [3.8, 4) is 11.1 Å². The molecular weight excluding hydrogens is 420 g/mol. The third-order valence-corrected chi connectivity index (χ3v) is 7.06. The number of piperidine rings is 1. The maximum absolute atomic E-state index is 12.4. The number of benzene rings is 2. The minimum Gasteiger partial charge on any atom is -0.481 e. The van der Waals surface area contributed by atoms with Gasteiger partial charge in [-0.3, -0.25) is 9.59 Å². The van der Waals surface area contributed by atoms with E-state index < -0.39 is 12.1 Å². The van der Waals surface area contributed by atoms with Gasteiger partial charge in [-0.25, -0.2) is 4.79 Å². The molecule has 0 aromatic heterocycles. The number of ether oxygens (including phenoxy) is 1. The van der Waals surface area contributed by atoms with E-state index in [0.717, 1.165) is 17.5 Å². The SMILES string of the molecule is O=C(NC/C=C/C(=O)N1CC[C@H]2C(C(=O)O)[C@H]2C1)OCC1c2ccccc2-c2ccccc21. The molecule has 7 heteroatoms. The Bertz CT molecular complexity index is 1080. The van der Waals surface area contributed by atoms with Crippen LogP contribution in [-0.2, 0) is 14.3 Å². The number of amides is 2. The van der Waals surface area contributed by atoms with E-state index in [-0.39, 0.29) is 42.7 Å². The first-order valence-corrected chi connectivity index (χ1v) is 11.3. The summed E-state index contributed by atoms with van der Waals surface area (Å²) in [6.45, 7) is 1.49. The van der Waals surface area contributed by atoms with Crippen molar-refractivity contribution in [1.82, 2.24) is 10.2 Å². The van der Waals surface area contributed by atoms with Gasteiger partial charge in [0.15, 0.2) is 0 Å². The smallest absolute Gasteiger partial charge is 0.407 e. The average molecular weight is 447 g/mol. The molecule has 0 bridgehead atoms. The van der Waals surface area contributed by atoms with Crippen LogP contribution in [0, 0.1) is 17.8 Å². The first-order valence-electron chi connectivity index (χ1n) is 11.3. The molecule has 0 spiro atoms. The van der Waals surface area contributed by atoms with Crippen LogP contribution in [-0.4, -0.2) is 54.2 Å². The molecule has 1 heterocycles. The number of alkyl carbamates (subject to hydrolysis) is 1. The number of carboxylic acid groups (broad SMARTS) is 1. The van der Waals surface area contributed by atoms with Gasteiger partial charge in [0.1, 0.15) is 6.61 Å². The third kappa shape index (κ3) is 4.11. The van der Waals surface area contributed by atoms with Gasteiger partial charge in [-0.2, -0.15) is 0 Å². The number of carboxylic acids is 1. The van der Waals surface area contributed by atoms with E-state index in [9.17, 15) is 19.5 Å². The normalized spacial score (nSPS) is 22.9. The average Bonchev–Trinajstić information content (AvgIpc) is 3.48. The van der Waals surface area contributed by atoms with Crippen LogP contribution in [0.2, 0.25) is 0 Å². The van der Waals surface area contributed by atoms with Gasteiger partial charge in [0.2, 0.25) is 5.91 Å². The number of aliphatic carboxylic acids is 1. The van der Waals surface area contributed by atoms with Gasteiger partial charge < -0.3 is 20.1 Å². The molecule has 1 saturated carbocycles. The zero-order valence-electron chi connectivity index (χ0n) is 18.1. The molecule has 2 aliphatic carbocycles. The summed E-state index contributed by atoms with van der Waals surface area (Å²) in [5.41, 5.74) is 4.66. The van der Waals surface area contributed by atoms with Crippen molar-refractivity contribution in [3.05, 3.63) is 71.8 Å². The highest BCUT2D eigenvalue weighted by Crippen LogP contribution is 2.51. The first-order chi connectivity index (χ1) is 16.0. The maximum atomic E-state index is 12.4. The zero-order valence-corrected chi connectivity index (χ0v) is 18.1. The van der Waals surface area contributed by atoms with Crippen molar-refractivity contribution >= 4 is 18.0 Å². The highest BCUT2D eigenvalue weighted by Gasteiger charge is 2.57. The zero-order chi connectivity index (χ0) is 22.9. The van der Waals surface area contributed by atoms with Crippen molar-refractivity contribution in [2.45, 2.75) is 12.3 Å². The van der Waals surface area contributed by atoms with Crippen LogP contribution in [0.3, 0.4) is 0 Å². The van der Waals surface area contributed by atoms with E-state index >= 15 is 0 Å². The Kier molecular flexibility index (Phi) is 5.62. The number of fused-ring (bicyclic) bond motifs is 4. The van der Waals surface area contributed by atoms with Crippen LogP contribution in [0.15, 0.2) is 60.7 Å². The summed E-state index contributed by atoms with van der Waals surface area (Å²) in [7, 11) is 0. The van der Waals surface area contributed by atoms with Crippen LogP contribution in [0.25, 0.3) is 11.1 Å². The summed E-state index contributed by atoms with van der Waals surface area (Å²) in [5, 5.41) is 11.8. The minimum atomic E-state index is -0.762. The number of carbonyl (C=O) groups is 3. The lowest BCUT2D eigenvalue weighted by molar-refractivity contribution is -0.139. The van der Waals surface area contributed by atoms with Crippen LogP contribution < -0.4 is 5.32 Å². The van der Waals surface area contributed by atoms with Crippen LogP contribution >= 0.6 is 0 Å². The van der Waals surface area contributed by atoms with Crippen LogP contribution in [0.5, 0.6) is 0 Å². The van der Waals surface area contributed by atoms with Gasteiger partial charge in [0.05, 0.1) is 5.92 Å². The Hall–Kier alpha value is -3.61. The fourth-order valence-corrected chi connectivity index (χ4v) is 5.36. The molecule has 1 aliphatic heterocycles. The van der Waals surface area contributed by atoms with E-state index in [2.05, 4.69) is 29.6 Å². The van der Waals surface area contributed by atoms with Crippen LogP contribution in [0.1, 0.15) is 23.5 Å². The molecule has 2 aromatic rings. The van der Waals surface area contributed by atoms with Gasteiger partial charge in [0, 0.05) is 31.6 Å². The number of nitrogens with one attached hydrogen (secondary N) is 1. The second kappa shape index (κ2) is 8.73. The summed E-state index contributed by atoms with van der Waals surface area (Å²) >= 11 is 0. The monoisotopic (exact) mass is 446 g/mol. The lowest BCUT2D eigenvalue weighted by Gasteiger charge is -2.24. The van der Waals surface area contributed by atoms with Crippen LogP contribution in [0.4, 0.5) is 4.79 Å². The molecule has 2 aromatic carbocycles. The summed E-state index contributed by atoms with van der Waals surface area (Å²) in [6.07, 6.45) is 3.23. The molecule has 2 amide bonds. The second-order valence-corrected chi connectivity index (χ2v) is 8.87. The summed E-state index contributed by atoms with van der Waals surface area (Å²) in [5.74, 6) is -0.929. The number of carbonyl (C=O) groups excluding carboxylic acids is 2. The maximum Gasteiger partial charge on any atom is 0.407 e. The molecule has 33 heavy (non-hydrogen) atoms. The van der Waals surface area contributed by atoms with E-state index in [1.165, 1.54) is 17.2 Å². The Morgan fingerprint density at radius 2 is 1.70 bits per heavy atom. The fraction of sp³-hybridized carbons (Fsp3) is 0.346. The quantitative estimate of drug-likeness (QED) is 0.664. The van der Waals surface area contributed by atoms with Crippen molar-refractivity contribution in [1.29, 1.82) is 0 Å². The Morgan fingerprint density at radius 1 is 1.03 bits per heavy atom. The number of hydrogen-bond acceptors (Lipinski definition) is 4. The molecule has 5 rings (SSSR count). The molecular formula is C26H26N2O5. The highest BCUT2D eigenvalue weighted by atomic mass is 16.5. The second-order valence-electron chi connectivity index (χ2n) is 8.87. The van der Waals surface area contributed by atoms with Crippen molar-refractivity contribution in [3.63, 3.8) is 0 Å². The van der Waals surface area contributed by atoms with Gasteiger partial charge in [-0.15, -0.1) is 0 Å². The fourth-order valence-electron chi connectivity index (χ4n) is 5.36. The summed E-state index contributed by atoms with van der Waals surface area (Å²) in [6, 6.07) is 16.3. The molecule has 1 saturated heterocycles. The lowest BCUT2D eigenvalue weighted by atomic mass is 9.98. The lowest BCUT2D eigenvalue weighted by Crippen LogP contribution is -2.36. The summed E-state index contributed by atoms with van der Waals surface area (Å²) < 4.78 is 5.48. The molecule has 1 unspecified atom stereocenters. The summed E-state index contributed by atoms with van der Waals surface area (Å²) in [4.78, 5) is 37.4. The predicted molar refractivity (Wildman–Crippen MR) is 122 cm³/mol. The third-order valence-electron chi connectivity index (χ3n) is 7.06. The molecule has 3 atom stereocenters. The molecule has 7 nitrogen and oxygen atoms in total. The number of rotatable bonds is 6. The topological polar surface area (TPSA) is 95.9 Å². The van der Waals surface area contributed by atoms with E-state index in [4.69, 9.17) is 4.74 Å². The predicted octanol–water partition coefficient (Wildman–Crippen LogP) is 3.26. The highest BCUT2D eigenvalue weighted by molar-refractivity contribution is 5.88. The molecule has 0 radical (unpaired) electrons. The minimum absolute atomic E-state index is 0.000231. The number of hydrogen-bond donors (Lipinski definition) is 2. The molecule has 2 fully saturated rings. The van der Waals surface area contributed by atoms with E-state index in [0.29, 0.717) is 13.1 Å². The van der Waals surface area contributed by atoms with Gasteiger partial charge in [0.25, 0.3) is 0 Å².